The third-order valence-electron chi connectivity index (χ3n) is 6.34. The molecule has 1 aliphatic carbocycles. The largest absolute Gasteiger partial charge is 0.448 e. The van der Waals surface area contributed by atoms with E-state index >= 15 is 0 Å². The van der Waals surface area contributed by atoms with Crippen LogP contribution < -0.4 is 5.32 Å². The van der Waals surface area contributed by atoms with Crippen LogP contribution in [0, 0.1) is 10.8 Å². The minimum atomic E-state index is -1.11. The Morgan fingerprint density at radius 1 is 1.17 bits per heavy atom. The summed E-state index contributed by atoms with van der Waals surface area (Å²) in [7, 11) is 0. The standard InChI is InChI=1S/C19H20N2O3/c1-17(2)18(3)9-10-19(17,24-16(18)23)15(22)21-14-8-4-7-13-12(14)6-5-11-20-13/h4-8,11H,9-10H2,1-3H3,(H,21,22). The number of nitrogens with zero attached hydrogens (tertiary/aromatic N) is 1. The number of hydrogen-bond donors (Lipinski definition) is 1. The normalized spacial score (nSPS) is 30.4. The topological polar surface area (TPSA) is 68.3 Å². The molecule has 2 aromatic rings. The van der Waals surface area contributed by atoms with E-state index in [1.165, 1.54) is 0 Å². The Kier molecular flexibility index (Phi) is 2.87. The fourth-order valence-electron chi connectivity index (χ4n) is 4.18. The fraction of sp³-hybridized carbons (Fsp3) is 0.421. The zero-order valence-corrected chi connectivity index (χ0v) is 14.1. The van der Waals surface area contributed by atoms with Crippen LogP contribution in [0.5, 0.6) is 0 Å². The Bertz CT molecular complexity index is 871. The lowest BCUT2D eigenvalue weighted by molar-refractivity contribution is -0.165. The second kappa shape index (κ2) is 4.56. The highest BCUT2D eigenvalue weighted by molar-refractivity contribution is 6.07. The van der Waals surface area contributed by atoms with E-state index in [0.29, 0.717) is 18.5 Å². The van der Waals surface area contributed by atoms with Crippen LogP contribution in [0.15, 0.2) is 36.5 Å². The summed E-state index contributed by atoms with van der Waals surface area (Å²) in [6.45, 7) is 5.81. The molecule has 1 aliphatic heterocycles. The first-order valence-corrected chi connectivity index (χ1v) is 8.20. The van der Waals surface area contributed by atoms with Gasteiger partial charge in [0.2, 0.25) is 0 Å². The van der Waals surface area contributed by atoms with Gasteiger partial charge in [0.15, 0.2) is 5.60 Å². The van der Waals surface area contributed by atoms with Crippen LogP contribution in [0.3, 0.4) is 0 Å². The van der Waals surface area contributed by atoms with Gasteiger partial charge in [0, 0.05) is 17.0 Å². The van der Waals surface area contributed by atoms with E-state index < -0.39 is 16.4 Å². The summed E-state index contributed by atoms with van der Waals surface area (Å²) in [4.78, 5) is 29.8. The second-order valence-corrected chi connectivity index (χ2v) is 7.50. The Morgan fingerprint density at radius 3 is 2.62 bits per heavy atom. The molecule has 2 bridgehead atoms. The summed E-state index contributed by atoms with van der Waals surface area (Å²) in [5, 5.41) is 3.85. The maximum absolute atomic E-state index is 13.1. The van der Waals surface area contributed by atoms with Crippen LogP contribution in [0.1, 0.15) is 33.6 Å². The van der Waals surface area contributed by atoms with Gasteiger partial charge in [-0.25, -0.2) is 0 Å². The molecule has 1 aromatic heterocycles. The van der Waals surface area contributed by atoms with E-state index in [1.54, 1.807) is 6.20 Å². The SMILES string of the molecule is CC12CCC(C(=O)Nc3cccc4ncccc34)(OC1=O)C2(C)C. The number of anilines is 1. The van der Waals surface area contributed by atoms with E-state index in [9.17, 15) is 9.59 Å². The second-order valence-electron chi connectivity index (χ2n) is 7.50. The number of rotatable bonds is 2. The van der Waals surface area contributed by atoms with Crippen molar-refractivity contribution in [2.24, 2.45) is 10.8 Å². The van der Waals surface area contributed by atoms with Crippen LogP contribution in [0.2, 0.25) is 0 Å². The van der Waals surface area contributed by atoms with Crippen molar-refractivity contribution in [3.05, 3.63) is 36.5 Å². The van der Waals surface area contributed by atoms with Gasteiger partial charge in [-0.3, -0.25) is 14.6 Å². The molecule has 0 spiro atoms. The minimum absolute atomic E-state index is 0.251. The zero-order chi connectivity index (χ0) is 17.2. The molecular formula is C19H20N2O3. The number of ether oxygens (including phenoxy) is 1. The highest BCUT2D eigenvalue weighted by Gasteiger charge is 2.75. The van der Waals surface area contributed by atoms with Crippen molar-refractivity contribution < 1.29 is 14.3 Å². The van der Waals surface area contributed by atoms with Crippen molar-refractivity contribution in [3.8, 4) is 0 Å². The van der Waals surface area contributed by atoms with E-state index in [1.807, 2.05) is 51.1 Å². The number of nitrogens with one attached hydrogen (secondary N) is 1. The van der Waals surface area contributed by atoms with Gasteiger partial charge in [-0.2, -0.15) is 0 Å². The zero-order valence-electron chi connectivity index (χ0n) is 14.1. The molecule has 124 valence electrons. The molecule has 2 heterocycles. The monoisotopic (exact) mass is 324 g/mol. The first-order valence-electron chi connectivity index (χ1n) is 8.20. The molecule has 2 aliphatic rings. The number of amides is 1. The summed E-state index contributed by atoms with van der Waals surface area (Å²) in [6, 6.07) is 9.35. The average Bonchev–Trinajstić information content (AvgIpc) is 2.85. The predicted octanol–water partition coefficient (Wildman–Crippen LogP) is 3.30. The van der Waals surface area contributed by atoms with Crippen molar-refractivity contribution in [1.29, 1.82) is 0 Å². The third-order valence-corrected chi connectivity index (χ3v) is 6.34. The molecule has 1 saturated carbocycles. The molecule has 5 nitrogen and oxygen atoms in total. The van der Waals surface area contributed by atoms with Crippen LogP contribution in [0.25, 0.3) is 10.9 Å². The van der Waals surface area contributed by atoms with Crippen LogP contribution >= 0.6 is 0 Å². The summed E-state index contributed by atoms with van der Waals surface area (Å²) < 4.78 is 5.65. The molecule has 5 heteroatoms. The van der Waals surface area contributed by atoms with Gasteiger partial charge in [0.05, 0.1) is 16.6 Å². The molecule has 4 rings (SSSR count). The van der Waals surface area contributed by atoms with E-state index in [2.05, 4.69) is 10.3 Å². The maximum Gasteiger partial charge on any atom is 0.313 e. The number of aromatic nitrogens is 1. The lowest BCUT2D eigenvalue weighted by Crippen LogP contribution is -2.50. The molecule has 1 amide bonds. The Labute approximate surface area is 140 Å². The van der Waals surface area contributed by atoms with Crippen molar-refractivity contribution in [3.63, 3.8) is 0 Å². The Morgan fingerprint density at radius 2 is 1.96 bits per heavy atom. The smallest absolute Gasteiger partial charge is 0.313 e. The van der Waals surface area contributed by atoms with Crippen molar-refractivity contribution >= 4 is 28.5 Å². The fourth-order valence-corrected chi connectivity index (χ4v) is 4.18. The quantitative estimate of drug-likeness (QED) is 0.861. The van der Waals surface area contributed by atoms with Crippen LogP contribution in [-0.2, 0) is 14.3 Å². The predicted molar refractivity (Wildman–Crippen MR) is 90.3 cm³/mol. The molecule has 2 atom stereocenters. The molecule has 1 aromatic carbocycles. The number of fused-ring (bicyclic) bond motifs is 3. The molecular weight excluding hydrogens is 304 g/mol. The van der Waals surface area contributed by atoms with Gasteiger partial charge < -0.3 is 10.1 Å². The highest BCUT2D eigenvalue weighted by Crippen LogP contribution is 2.65. The number of carbonyl (C=O) groups excluding carboxylic acids is 2. The highest BCUT2D eigenvalue weighted by atomic mass is 16.6. The van der Waals surface area contributed by atoms with Crippen molar-refractivity contribution in [1.82, 2.24) is 4.98 Å². The Hall–Kier alpha value is -2.43. The lowest BCUT2D eigenvalue weighted by Gasteiger charge is -2.35. The Balaban J connectivity index is 1.74. The van der Waals surface area contributed by atoms with Gasteiger partial charge in [0.25, 0.3) is 5.91 Å². The van der Waals surface area contributed by atoms with Crippen molar-refractivity contribution in [2.75, 3.05) is 5.32 Å². The average molecular weight is 324 g/mol. The number of hydrogen-bond acceptors (Lipinski definition) is 4. The van der Waals surface area contributed by atoms with Gasteiger partial charge in [-0.1, -0.05) is 19.9 Å². The van der Waals surface area contributed by atoms with Crippen molar-refractivity contribution in [2.45, 2.75) is 39.2 Å². The number of benzene rings is 1. The van der Waals surface area contributed by atoms with E-state index in [0.717, 1.165) is 10.9 Å². The van der Waals surface area contributed by atoms with Gasteiger partial charge >= 0.3 is 5.97 Å². The molecule has 0 radical (unpaired) electrons. The first-order chi connectivity index (χ1) is 11.3. The van der Waals surface area contributed by atoms with Gasteiger partial charge in [-0.05, 0) is 44.0 Å². The summed E-state index contributed by atoms with van der Waals surface area (Å²) in [5.74, 6) is -0.521. The van der Waals surface area contributed by atoms with Gasteiger partial charge in [-0.15, -0.1) is 0 Å². The molecule has 2 fully saturated rings. The summed E-state index contributed by atoms with van der Waals surface area (Å²) in [5.41, 5.74) is -0.767. The molecule has 24 heavy (non-hydrogen) atoms. The van der Waals surface area contributed by atoms with E-state index in [4.69, 9.17) is 4.74 Å². The lowest BCUT2D eigenvalue weighted by atomic mass is 9.66. The molecule has 2 unspecified atom stereocenters. The molecule has 1 N–H and O–H groups in total. The molecule has 1 saturated heterocycles. The third kappa shape index (κ3) is 1.62. The first kappa shape index (κ1) is 15.1. The van der Waals surface area contributed by atoms with Crippen LogP contribution in [0.4, 0.5) is 5.69 Å². The summed E-state index contributed by atoms with van der Waals surface area (Å²) in [6.07, 6.45) is 2.94. The summed E-state index contributed by atoms with van der Waals surface area (Å²) >= 11 is 0. The number of pyridine rings is 1. The van der Waals surface area contributed by atoms with Gasteiger partial charge in [0.1, 0.15) is 0 Å². The number of carbonyl (C=O) groups is 2. The van der Waals surface area contributed by atoms with E-state index in [-0.39, 0.29) is 11.9 Å². The minimum Gasteiger partial charge on any atom is -0.448 e. The number of esters is 1. The van der Waals surface area contributed by atoms with Crippen LogP contribution in [-0.4, -0.2) is 22.5 Å². The maximum atomic E-state index is 13.1.